The number of rotatable bonds is 3. The summed E-state index contributed by atoms with van der Waals surface area (Å²) in [5, 5.41) is 10.8. The van der Waals surface area contributed by atoms with E-state index < -0.39 is 18.6 Å². The minimum absolute atomic E-state index is 0.0964. The lowest BCUT2D eigenvalue weighted by Crippen LogP contribution is -2.27. The number of hydrogen-bond acceptors (Lipinski definition) is 4. The maximum absolute atomic E-state index is 12.4. The molecule has 0 aliphatic heterocycles. The molecule has 0 aromatic carbocycles. The minimum Gasteiger partial charge on any atom is -0.310 e. The van der Waals surface area contributed by atoms with E-state index >= 15 is 0 Å². The fraction of sp³-hybridized carbons (Fsp3) is 0.273. The predicted molar refractivity (Wildman–Crippen MR) is 75.8 cm³/mol. The SMILES string of the molecule is CN(C(=O)c1cnn(CC(F)(F)F)c1I)c1ccnnc1. The fourth-order valence-corrected chi connectivity index (χ4v) is 2.24. The van der Waals surface area contributed by atoms with Crippen molar-refractivity contribution < 1.29 is 18.0 Å². The van der Waals surface area contributed by atoms with Crippen LogP contribution >= 0.6 is 22.6 Å². The van der Waals surface area contributed by atoms with E-state index in [9.17, 15) is 18.0 Å². The second kappa shape index (κ2) is 5.95. The van der Waals surface area contributed by atoms with E-state index in [1.54, 1.807) is 28.7 Å². The van der Waals surface area contributed by atoms with Crippen molar-refractivity contribution in [3.8, 4) is 0 Å². The molecular weight excluding hydrogens is 402 g/mol. The van der Waals surface area contributed by atoms with Gasteiger partial charge in [0.2, 0.25) is 0 Å². The summed E-state index contributed by atoms with van der Waals surface area (Å²) < 4.78 is 38.0. The number of carbonyl (C=O) groups excluding carboxylic acids is 1. The molecule has 21 heavy (non-hydrogen) atoms. The van der Waals surface area contributed by atoms with Crippen molar-refractivity contribution in [1.29, 1.82) is 0 Å². The molecule has 6 nitrogen and oxygen atoms in total. The van der Waals surface area contributed by atoms with Crippen LogP contribution in [0.3, 0.4) is 0 Å². The first kappa shape index (κ1) is 15.7. The first-order valence-electron chi connectivity index (χ1n) is 5.62. The van der Waals surface area contributed by atoms with E-state index in [1.165, 1.54) is 24.3 Å². The summed E-state index contributed by atoms with van der Waals surface area (Å²) in [5.74, 6) is -0.471. The molecule has 2 aromatic heterocycles. The summed E-state index contributed by atoms with van der Waals surface area (Å²) in [5.41, 5.74) is 0.577. The third-order valence-corrected chi connectivity index (χ3v) is 3.73. The molecule has 0 spiro atoms. The Kier molecular flexibility index (Phi) is 4.44. The third kappa shape index (κ3) is 3.68. The van der Waals surface area contributed by atoms with Gasteiger partial charge in [0.1, 0.15) is 10.2 Å². The van der Waals surface area contributed by atoms with E-state index in [2.05, 4.69) is 15.3 Å². The Hall–Kier alpha value is -1.72. The second-order valence-electron chi connectivity index (χ2n) is 4.09. The highest BCUT2D eigenvalue weighted by atomic mass is 127. The molecule has 0 fully saturated rings. The summed E-state index contributed by atoms with van der Waals surface area (Å²) in [6, 6.07) is 1.57. The van der Waals surface area contributed by atoms with Crippen LogP contribution in [-0.2, 0) is 6.54 Å². The predicted octanol–water partition coefficient (Wildman–Crippen LogP) is 2.12. The Morgan fingerprint density at radius 3 is 2.67 bits per heavy atom. The van der Waals surface area contributed by atoms with Crippen molar-refractivity contribution in [2.45, 2.75) is 12.7 Å². The number of amides is 1. The van der Waals surface area contributed by atoms with Gasteiger partial charge in [0, 0.05) is 7.05 Å². The van der Waals surface area contributed by atoms with E-state index in [1.807, 2.05) is 0 Å². The monoisotopic (exact) mass is 411 g/mol. The Balaban J connectivity index is 2.25. The largest absolute Gasteiger partial charge is 0.408 e. The van der Waals surface area contributed by atoms with Gasteiger partial charge in [0.05, 0.1) is 29.8 Å². The quantitative estimate of drug-likeness (QED) is 0.727. The van der Waals surface area contributed by atoms with Crippen molar-refractivity contribution in [2.24, 2.45) is 0 Å². The molecule has 2 heterocycles. The van der Waals surface area contributed by atoms with Gasteiger partial charge < -0.3 is 4.90 Å². The van der Waals surface area contributed by atoms with Crippen LogP contribution in [0.2, 0.25) is 0 Å². The maximum atomic E-state index is 12.4. The molecular formula is C11H9F3IN5O. The third-order valence-electron chi connectivity index (χ3n) is 2.60. The van der Waals surface area contributed by atoms with Gasteiger partial charge in [-0.15, -0.1) is 0 Å². The molecule has 0 atom stereocenters. The maximum Gasteiger partial charge on any atom is 0.408 e. The van der Waals surface area contributed by atoms with E-state index in [0.29, 0.717) is 5.69 Å². The van der Waals surface area contributed by atoms with E-state index in [4.69, 9.17) is 0 Å². The van der Waals surface area contributed by atoms with Crippen LogP contribution in [-0.4, -0.2) is 39.1 Å². The smallest absolute Gasteiger partial charge is 0.310 e. The molecule has 112 valence electrons. The van der Waals surface area contributed by atoms with Gasteiger partial charge in [0.15, 0.2) is 0 Å². The molecule has 0 radical (unpaired) electrons. The molecule has 10 heteroatoms. The van der Waals surface area contributed by atoms with Gasteiger partial charge in [-0.25, -0.2) is 4.68 Å². The first-order valence-corrected chi connectivity index (χ1v) is 6.70. The summed E-state index contributed by atoms with van der Waals surface area (Å²) in [7, 11) is 1.50. The lowest BCUT2D eigenvalue weighted by Gasteiger charge is -2.16. The van der Waals surface area contributed by atoms with Crippen molar-refractivity contribution in [1.82, 2.24) is 20.0 Å². The van der Waals surface area contributed by atoms with Crippen LogP contribution < -0.4 is 4.90 Å². The Bertz CT molecular complexity index is 643. The Morgan fingerprint density at radius 2 is 2.10 bits per heavy atom. The highest BCUT2D eigenvalue weighted by Crippen LogP contribution is 2.22. The molecule has 0 saturated carbocycles. The highest BCUT2D eigenvalue weighted by molar-refractivity contribution is 14.1. The number of hydrogen-bond donors (Lipinski definition) is 0. The number of carbonyl (C=O) groups is 1. The Morgan fingerprint density at radius 1 is 1.38 bits per heavy atom. The molecule has 2 rings (SSSR count). The van der Waals surface area contributed by atoms with Crippen LogP contribution in [0.25, 0.3) is 0 Å². The minimum atomic E-state index is -4.40. The zero-order chi connectivity index (χ0) is 15.6. The number of aromatic nitrogens is 4. The van der Waals surface area contributed by atoms with Crippen LogP contribution in [0.5, 0.6) is 0 Å². The number of alkyl halides is 3. The molecule has 2 aromatic rings. The zero-order valence-corrected chi connectivity index (χ0v) is 12.8. The van der Waals surface area contributed by atoms with Crippen LogP contribution in [0.4, 0.5) is 18.9 Å². The van der Waals surface area contributed by atoms with Crippen molar-refractivity contribution >= 4 is 34.2 Å². The van der Waals surface area contributed by atoms with Crippen LogP contribution in [0.15, 0.2) is 24.7 Å². The zero-order valence-electron chi connectivity index (χ0n) is 10.7. The van der Waals surface area contributed by atoms with Gasteiger partial charge in [-0.3, -0.25) is 4.79 Å². The highest BCUT2D eigenvalue weighted by Gasteiger charge is 2.31. The summed E-state index contributed by atoms with van der Waals surface area (Å²) in [6.07, 6.45) is -0.476. The molecule has 0 bridgehead atoms. The lowest BCUT2D eigenvalue weighted by atomic mass is 10.3. The van der Waals surface area contributed by atoms with Crippen molar-refractivity contribution in [3.05, 3.63) is 33.9 Å². The topological polar surface area (TPSA) is 63.9 Å². The molecule has 0 aliphatic carbocycles. The van der Waals surface area contributed by atoms with Gasteiger partial charge in [-0.1, -0.05) is 0 Å². The number of halogens is 4. The second-order valence-corrected chi connectivity index (χ2v) is 5.11. The summed E-state index contributed by atoms with van der Waals surface area (Å²) in [6.45, 7) is -1.24. The van der Waals surface area contributed by atoms with Crippen LogP contribution in [0.1, 0.15) is 10.4 Å². The van der Waals surface area contributed by atoms with Gasteiger partial charge in [-0.2, -0.15) is 28.5 Å². The normalized spacial score (nSPS) is 11.5. The lowest BCUT2D eigenvalue weighted by molar-refractivity contribution is -0.143. The molecule has 0 aliphatic rings. The first-order chi connectivity index (χ1) is 9.79. The summed E-state index contributed by atoms with van der Waals surface area (Å²) in [4.78, 5) is 13.6. The van der Waals surface area contributed by atoms with E-state index in [0.717, 1.165) is 10.9 Å². The molecule has 0 unspecified atom stereocenters. The number of anilines is 1. The van der Waals surface area contributed by atoms with Gasteiger partial charge in [0.25, 0.3) is 5.91 Å². The average molecular weight is 411 g/mol. The van der Waals surface area contributed by atoms with Crippen LogP contribution in [0, 0.1) is 3.70 Å². The molecule has 0 N–H and O–H groups in total. The van der Waals surface area contributed by atoms with Crippen molar-refractivity contribution in [3.63, 3.8) is 0 Å². The fourth-order valence-electron chi connectivity index (χ4n) is 1.57. The Labute approximate surface area is 131 Å². The standard InChI is InChI=1S/C11H9F3IN5O/c1-19(7-2-3-16-17-4-7)10(21)8-5-18-20(9(8)15)6-11(12,13)14/h2-5H,6H2,1H3. The van der Waals surface area contributed by atoms with E-state index in [-0.39, 0.29) is 9.26 Å². The molecule has 1 amide bonds. The molecule has 0 saturated heterocycles. The van der Waals surface area contributed by atoms with Gasteiger partial charge in [-0.05, 0) is 28.7 Å². The van der Waals surface area contributed by atoms with Gasteiger partial charge >= 0.3 is 6.18 Å². The number of nitrogens with zero attached hydrogens (tertiary/aromatic N) is 5. The van der Waals surface area contributed by atoms with Crippen molar-refractivity contribution in [2.75, 3.05) is 11.9 Å². The average Bonchev–Trinajstić information content (AvgIpc) is 2.78. The summed E-state index contributed by atoms with van der Waals surface area (Å²) >= 11 is 1.67.